The molecule has 0 spiro atoms. The molecule has 0 radical (unpaired) electrons. The van der Waals surface area contributed by atoms with Gasteiger partial charge in [0.05, 0.1) is 12.2 Å². The zero-order chi connectivity index (χ0) is 20.1. The van der Waals surface area contributed by atoms with Crippen molar-refractivity contribution in [1.82, 2.24) is 0 Å². The Morgan fingerprint density at radius 1 is 1.21 bits per heavy atom. The molecule has 0 fully saturated rings. The topological polar surface area (TPSA) is 57.1 Å². The van der Waals surface area contributed by atoms with Crippen molar-refractivity contribution in [1.29, 1.82) is 0 Å². The van der Waals surface area contributed by atoms with Crippen molar-refractivity contribution in [3.8, 4) is 11.5 Å². The maximum Gasteiger partial charge on any atom is 0.363 e. The Hall–Kier alpha value is -2.86. The predicted octanol–water partition coefficient (Wildman–Crippen LogP) is 5.15. The van der Waals surface area contributed by atoms with Gasteiger partial charge in [-0.25, -0.2) is 9.79 Å². The zero-order valence-corrected chi connectivity index (χ0v) is 17.3. The number of benzene rings is 2. The summed E-state index contributed by atoms with van der Waals surface area (Å²) in [6, 6.07) is 12.9. The highest BCUT2D eigenvalue weighted by Gasteiger charge is 2.25. The predicted molar refractivity (Wildman–Crippen MR) is 113 cm³/mol. The van der Waals surface area contributed by atoms with Gasteiger partial charge in [-0.2, -0.15) is 0 Å². The normalized spacial score (nSPS) is 14.6. The summed E-state index contributed by atoms with van der Waals surface area (Å²) < 4.78 is 17.5. The van der Waals surface area contributed by atoms with E-state index in [0.717, 1.165) is 21.2 Å². The van der Waals surface area contributed by atoms with Crippen LogP contribution in [-0.2, 0) is 9.53 Å². The molecule has 0 amide bonds. The van der Waals surface area contributed by atoms with Gasteiger partial charge in [-0.15, -0.1) is 0 Å². The molecule has 0 saturated heterocycles. The van der Waals surface area contributed by atoms with Crippen LogP contribution in [0.25, 0.3) is 6.08 Å². The van der Waals surface area contributed by atoms with Gasteiger partial charge in [0.25, 0.3) is 0 Å². The second-order valence-corrected chi connectivity index (χ2v) is 7.06. The quantitative estimate of drug-likeness (QED) is 0.338. The van der Waals surface area contributed by atoms with Gasteiger partial charge in [0.2, 0.25) is 5.90 Å². The summed E-state index contributed by atoms with van der Waals surface area (Å²) in [5.41, 5.74) is 2.62. The molecule has 0 aromatic heterocycles. The molecule has 0 N–H and O–H groups in total. The first-order chi connectivity index (χ1) is 13.5. The van der Waals surface area contributed by atoms with E-state index >= 15 is 0 Å². The summed E-state index contributed by atoms with van der Waals surface area (Å²) in [6.45, 7) is 8.53. The van der Waals surface area contributed by atoms with Crippen LogP contribution in [0.1, 0.15) is 25.0 Å². The number of carbonyl (C=O) groups is 1. The summed E-state index contributed by atoms with van der Waals surface area (Å²) in [6.07, 6.45) is 1.66. The zero-order valence-electron chi connectivity index (χ0n) is 15.7. The standard InChI is InChI=1S/C22H20BrNO4/c1-4-26-20-12-15(9-10-19(20)27-13-14(2)3)11-18-22(25)28-21(24-18)16-7-5-6-8-17(16)23/h5-12H,2,4,13H2,1,3H3. The molecule has 2 aromatic rings. The Balaban J connectivity index is 1.89. The minimum absolute atomic E-state index is 0.226. The van der Waals surface area contributed by atoms with Crippen LogP contribution in [0, 0.1) is 0 Å². The number of cyclic esters (lactones) is 1. The number of hydrogen-bond donors (Lipinski definition) is 0. The van der Waals surface area contributed by atoms with Gasteiger partial charge in [-0.05, 0) is 71.3 Å². The lowest BCUT2D eigenvalue weighted by Gasteiger charge is -2.12. The number of carbonyl (C=O) groups excluding carboxylic acids is 1. The van der Waals surface area contributed by atoms with Crippen LogP contribution >= 0.6 is 15.9 Å². The molecule has 0 unspecified atom stereocenters. The van der Waals surface area contributed by atoms with E-state index in [1.165, 1.54) is 0 Å². The number of rotatable bonds is 7. The first-order valence-corrected chi connectivity index (χ1v) is 9.58. The lowest BCUT2D eigenvalue weighted by atomic mass is 10.1. The second-order valence-electron chi connectivity index (χ2n) is 6.20. The van der Waals surface area contributed by atoms with Crippen molar-refractivity contribution in [2.24, 2.45) is 4.99 Å². The molecule has 3 rings (SSSR count). The fourth-order valence-electron chi connectivity index (χ4n) is 2.52. The third kappa shape index (κ3) is 4.70. The smallest absolute Gasteiger partial charge is 0.363 e. The number of hydrogen-bond acceptors (Lipinski definition) is 5. The number of aliphatic imine (C=N–C) groups is 1. The average molecular weight is 442 g/mol. The van der Waals surface area contributed by atoms with Crippen LogP contribution in [-0.4, -0.2) is 25.1 Å². The Bertz CT molecular complexity index is 978. The lowest BCUT2D eigenvalue weighted by molar-refractivity contribution is -0.129. The van der Waals surface area contributed by atoms with Gasteiger partial charge in [0.1, 0.15) is 6.61 Å². The minimum atomic E-state index is -0.494. The Kier molecular flexibility index (Phi) is 6.31. The third-order valence-corrected chi connectivity index (χ3v) is 4.46. The van der Waals surface area contributed by atoms with Gasteiger partial charge in [0, 0.05) is 4.47 Å². The number of nitrogens with zero attached hydrogens (tertiary/aromatic N) is 1. The van der Waals surface area contributed by atoms with E-state index in [4.69, 9.17) is 14.2 Å². The van der Waals surface area contributed by atoms with E-state index in [2.05, 4.69) is 27.5 Å². The molecule has 28 heavy (non-hydrogen) atoms. The molecule has 1 aliphatic rings. The van der Waals surface area contributed by atoms with Gasteiger partial charge in [-0.1, -0.05) is 24.8 Å². The van der Waals surface area contributed by atoms with Crippen LogP contribution in [0.15, 0.2) is 69.8 Å². The highest BCUT2D eigenvalue weighted by molar-refractivity contribution is 9.10. The van der Waals surface area contributed by atoms with E-state index in [1.54, 1.807) is 12.1 Å². The van der Waals surface area contributed by atoms with E-state index in [1.807, 2.05) is 50.2 Å². The number of halogens is 1. The molecule has 6 heteroatoms. The molecule has 0 bridgehead atoms. The molecule has 1 heterocycles. The fourth-order valence-corrected chi connectivity index (χ4v) is 2.97. The Morgan fingerprint density at radius 2 is 2.00 bits per heavy atom. The Labute approximate surface area is 172 Å². The van der Waals surface area contributed by atoms with Crippen LogP contribution in [0.4, 0.5) is 0 Å². The van der Waals surface area contributed by atoms with Crippen LogP contribution in [0.5, 0.6) is 11.5 Å². The first-order valence-electron chi connectivity index (χ1n) is 8.79. The second kappa shape index (κ2) is 8.89. The molecule has 2 aromatic carbocycles. The van der Waals surface area contributed by atoms with Crippen molar-refractivity contribution < 1.29 is 19.0 Å². The van der Waals surface area contributed by atoms with E-state index in [9.17, 15) is 4.79 Å². The largest absolute Gasteiger partial charge is 0.490 e. The van der Waals surface area contributed by atoms with Gasteiger partial charge in [-0.3, -0.25) is 0 Å². The summed E-state index contributed by atoms with van der Waals surface area (Å²) in [5.74, 6) is 0.999. The molecule has 1 aliphatic heterocycles. The summed E-state index contributed by atoms with van der Waals surface area (Å²) in [4.78, 5) is 16.6. The molecular weight excluding hydrogens is 422 g/mol. The van der Waals surface area contributed by atoms with Crippen molar-refractivity contribution in [2.75, 3.05) is 13.2 Å². The van der Waals surface area contributed by atoms with Crippen molar-refractivity contribution >= 4 is 33.9 Å². The molecule has 0 aliphatic carbocycles. The molecule has 0 atom stereocenters. The first kappa shape index (κ1) is 19.9. The fraction of sp³-hybridized carbons (Fsp3) is 0.182. The highest BCUT2D eigenvalue weighted by atomic mass is 79.9. The summed E-state index contributed by atoms with van der Waals surface area (Å²) >= 11 is 3.44. The highest BCUT2D eigenvalue weighted by Crippen LogP contribution is 2.31. The summed E-state index contributed by atoms with van der Waals surface area (Å²) in [5, 5.41) is 0. The van der Waals surface area contributed by atoms with Crippen molar-refractivity contribution in [3.05, 3.63) is 75.9 Å². The van der Waals surface area contributed by atoms with Crippen LogP contribution in [0.3, 0.4) is 0 Å². The molecule has 144 valence electrons. The molecule has 5 nitrogen and oxygen atoms in total. The van der Waals surface area contributed by atoms with Crippen LogP contribution in [0.2, 0.25) is 0 Å². The van der Waals surface area contributed by atoms with Gasteiger partial charge >= 0.3 is 5.97 Å². The average Bonchev–Trinajstić information content (AvgIpc) is 3.02. The molecule has 0 saturated carbocycles. The minimum Gasteiger partial charge on any atom is -0.490 e. The summed E-state index contributed by atoms with van der Waals surface area (Å²) in [7, 11) is 0. The number of esters is 1. The SMILES string of the molecule is C=C(C)COc1ccc(C=C2N=C(c3ccccc3Br)OC2=O)cc1OCC. The Morgan fingerprint density at radius 3 is 2.71 bits per heavy atom. The maximum atomic E-state index is 12.2. The van der Waals surface area contributed by atoms with E-state index in [0.29, 0.717) is 24.7 Å². The lowest BCUT2D eigenvalue weighted by Crippen LogP contribution is -2.05. The third-order valence-electron chi connectivity index (χ3n) is 3.77. The number of ether oxygens (including phenoxy) is 3. The van der Waals surface area contributed by atoms with Crippen LogP contribution < -0.4 is 9.47 Å². The van der Waals surface area contributed by atoms with Gasteiger partial charge < -0.3 is 14.2 Å². The van der Waals surface area contributed by atoms with Crippen molar-refractivity contribution in [3.63, 3.8) is 0 Å². The monoisotopic (exact) mass is 441 g/mol. The van der Waals surface area contributed by atoms with Crippen molar-refractivity contribution in [2.45, 2.75) is 13.8 Å². The van der Waals surface area contributed by atoms with E-state index in [-0.39, 0.29) is 11.6 Å². The molecular formula is C22H20BrNO4. The maximum absolute atomic E-state index is 12.2. The van der Waals surface area contributed by atoms with Gasteiger partial charge in [0.15, 0.2) is 17.2 Å². The van der Waals surface area contributed by atoms with E-state index < -0.39 is 5.97 Å².